The van der Waals surface area contributed by atoms with Gasteiger partial charge >= 0.3 is 5.97 Å². The minimum absolute atomic E-state index is 0.0466. The molecule has 0 atom stereocenters. The summed E-state index contributed by atoms with van der Waals surface area (Å²) in [6, 6.07) is 4.55. The largest absolute Gasteiger partial charge is 0.481 e. The number of nitrogens with zero attached hydrogens (tertiary/aromatic N) is 2. The Morgan fingerprint density at radius 3 is 2.83 bits per heavy atom. The monoisotopic (exact) mass is 430 g/mol. The summed E-state index contributed by atoms with van der Waals surface area (Å²) in [5, 5.41) is 19.6. The topological polar surface area (TPSA) is 101 Å². The van der Waals surface area contributed by atoms with E-state index in [0.29, 0.717) is 25.7 Å². The van der Waals surface area contributed by atoms with Crippen molar-refractivity contribution in [2.24, 2.45) is 0 Å². The number of carbonyl (C=O) groups excluding carboxylic acids is 1. The summed E-state index contributed by atoms with van der Waals surface area (Å²) >= 11 is 9.34. The molecule has 1 amide bonds. The molecular formula is C14H11BrN2O5S2. The van der Waals surface area contributed by atoms with Gasteiger partial charge in [0.15, 0.2) is 0 Å². The predicted molar refractivity (Wildman–Crippen MR) is 97.5 cm³/mol. The first-order valence-electron chi connectivity index (χ1n) is 6.70. The van der Waals surface area contributed by atoms with Gasteiger partial charge in [-0.2, -0.15) is 0 Å². The lowest BCUT2D eigenvalue weighted by atomic mass is 10.2. The Bertz CT molecular complexity index is 766. The van der Waals surface area contributed by atoms with Crippen molar-refractivity contribution in [1.29, 1.82) is 0 Å². The SMILES string of the molecule is O=C(O)CCCN1C(=O)/C(=C/c2ccc(Br)c([N+](=O)[O-])c2)SC1=S. The van der Waals surface area contributed by atoms with E-state index in [0.717, 1.165) is 11.8 Å². The van der Waals surface area contributed by atoms with Gasteiger partial charge in [-0.1, -0.05) is 30.0 Å². The van der Waals surface area contributed by atoms with E-state index in [2.05, 4.69) is 15.9 Å². The first kappa shape index (κ1) is 18.6. The van der Waals surface area contributed by atoms with E-state index in [4.69, 9.17) is 17.3 Å². The fourth-order valence-corrected chi connectivity index (χ4v) is 3.69. The van der Waals surface area contributed by atoms with Crippen molar-refractivity contribution in [3.05, 3.63) is 43.3 Å². The molecule has 126 valence electrons. The first-order valence-corrected chi connectivity index (χ1v) is 8.72. The molecule has 1 aliphatic heterocycles. The van der Waals surface area contributed by atoms with E-state index >= 15 is 0 Å². The summed E-state index contributed by atoms with van der Waals surface area (Å²) in [4.78, 5) is 35.0. The molecule has 7 nitrogen and oxygen atoms in total. The van der Waals surface area contributed by atoms with Crippen LogP contribution in [0.1, 0.15) is 18.4 Å². The number of carboxylic acid groups (broad SMARTS) is 1. The number of hydrogen-bond acceptors (Lipinski definition) is 6. The molecule has 1 aromatic carbocycles. The molecule has 0 saturated carbocycles. The van der Waals surface area contributed by atoms with E-state index in [1.54, 1.807) is 6.07 Å². The van der Waals surface area contributed by atoms with Crippen molar-refractivity contribution >= 4 is 67.9 Å². The highest BCUT2D eigenvalue weighted by Crippen LogP contribution is 2.34. The van der Waals surface area contributed by atoms with Crippen molar-refractivity contribution in [3.8, 4) is 0 Å². The standard InChI is InChI=1S/C14H11BrN2O5S2/c15-9-4-3-8(6-10(9)17(21)22)7-11-13(20)16(14(23)24-11)5-1-2-12(18)19/h3-4,6-7H,1-2,5H2,(H,18,19)/b11-7-. The lowest BCUT2D eigenvalue weighted by molar-refractivity contribution is -0.385. The number of carboxylic acids is 1. The van der Waals surface area contributed by atoms with Crippen LogP contribution in [-0.2, 0) is 9.59 Å². The van der Waals surface area contributed by atoms with Gasteiger partial charge in [0.1, 0.15) is 4.32 Å². The molecule has 0 aliphatic carbocycles. The molecule has 1 saturated heterocycles. The number of halogens is 1. The highest BCUT2D eigenvalue weighted by molar-refractivity contribution is 9.10. The van der Waals surface area contributed by atoms with Crippen LogP contribution in [-0.4, -0.2) is 37.7 Å². The Kier molecular flexibility index (Phi) is 6.08. The number of benzene rings is 1. The van der Waals surface area contributed by atoms with Gasteiger partial charge in [-0.15, -0.1) is 0 Å². The number of amides is 1. The van der Waals surface area contributed by atoms with Crippen LogP contribution in [0.25, 0.3) is 6.08 Å². The highest BCUT2D eigenvalue weighted by atomic mass is 79.9. The number of hydrogen-bond donors (Lipinski definition) is 1. The average molecular weight is 431 g/mol. The van der Waals surface area contributed by atoms with Gasteiger partial charge < -0.3 is 5.11 Å². The van der Waals surface area contributed by atoms with Crippen molar-refractivity contribution in [1.82, 2.24) is 4.90 Å². The van der Waals surface area contributed by atoms with Crippen molar-refractivity contribution in [2.75, 3.05) is 6.54 Å². The summed E-state index contributed by atoms with van der Waals surface area (Å²) in [6.07, 6.45) is 1.80. The molecule has 1 heterocycles. The lowest BCUT2D eigenvalue weighted by Crippen LogP contribution is -2.29. The molecule has 0 radical (unpaired) electrons. The molecule has 1 aliphatic rings. The summed E-state index contributed by atoms with van der Waals surface area (Å²) in [7, 11) is 0. The fraction of sp³-hybridized carbons (Fsp3) is 0.214. The quantitative estimate of drug-likeness (QED) is 0.319. The molecule has 0 bridgehead atoms. The smallest absolute Gasteiger partial charge is 0.303 e. The molecule has 0 unspecified atom stereocenters. The van der Waals surface area contributed by atoms with E-state index < -0.39 is 10.9 Å². The Morgan fingerprint density at radius 1 is 1.50 bits per heavy atom. The minimum Gasteiger partial charge on any atom is -0.481 e. The average Bonchev–Trinajstić information content (AvgIpc) is 2.76. The van der Waals surface area contributed by atoms with Crippen LogP contribution in [0.15, 0.2) is 27.6 Å². The molecule has 1 N–H and O–H groups in total. The lowest BCUT2D eigenvalue weighted by Gasteiger charge is -2.13. The molecule has 1 fully saturated rings. The van der Waals surface area contributed by atoms with Crippen LogP contribution in [0.5, 0.6) is 0 Å². The molecule has 2 rings (SSSR count). The predicted octanol–water partition coefficient (Wildman–Crippen LogP) is 3.42. The van der Waals surface area contributed by atoms with Crippen LogP contribution in [0.4, 0.5) is 5.69 Å². The number of thioether (sulfide) groups is 1. The molecule has 0 spiro atoms. The number of rotatable bonds is 6. The van der Waals surface area contributed by atoms with E-state index in [1.165, 1.54) is 23.1 Å². The summed E-state index contributed by atoms with van der Waals surface area (Å²) in [5.41, 5.74) is 0.414. The van der Waals surface area contributed by atoms with Crippen LogP contribution in [0.2, 0.25) is 0 Å². The normalized spacial score (nSPS) is 16.0. The van der Waals surface area contributed by atoms with Crippen molar-refractivity contribution in [2.45, 2.75) is 12.8 Å². The first-order chi connectivity index (χ1) is 11.3. The van der Waals surface area contributed by atoms with Gasteiger partial charge in [0, 0.05) is 19.0 Å². The minimum atomic E-state index is -0.932. The van der Waals surface area contributed by atoms with Crippen LogP contribution < -0.4 is 0 Å². The number of nitro benzene ring substituents is 1. The van der Waals surface area contributed by atoms with Crippen molar-refractivity contribution in [3.63, 3.8) is 0 Å². The summed E-state index contributed by atoms with van der Waals surface area (Å²) < 4.78 is 0.703. The number of aliphatic carboxylic acids is 1. The van der Waals surface area contributed by atoms with Crippen molar-refractivity contribution < 1.29 is 19.6 Å². The Hall–Kier alpha value is -1.78. The third-order valence-corrected chi connectivity index (χ3v) is 5.16. The van der Waals surface area contributed by atoms with Gasteiger partial charge in [0.2, 0.25) is 0 Å². The van der Waals surface area contributed by atoms with Gasteiger partial charge in [-0.3, -0.25) is 24.6 Å². The van der Waals surface area contributed by atoms with E-state index in [9.17, 15) is 19.7 Å². The maximum absolute atomic E-state index is 12.3. The molecule has 10 heteroatoms. The van der Waals surface area contributed by atoms with Gasteiger partial charge in [-0.25, -0.2) is 0 Å². The maximum atomic E-state index is 12.3. The second-order valence-corrected chi connectivity index (χ2v) is 7.33. The third kappa shape index (κ3) is 4.40. The van der Waals surface area contributed by atoms with E-state index in [1.807, 2.05) is 0 Å². The van der Waals surface area contributed by atoms with Gasteiger partial charge in [-0.05, 0) is 40.1 Å². The zero-order chi connectivity index (χ0) is 17.9. The molecule has 0 aromatic heterocycles. The Balaban J connectivity index is 2.18. The van der Waals surface area contributed by atoms with Gasteiger partial charge in [0.05, 0.1) is 14.3 Å². The summed E-state index contributed by atoms with van der Waals surface area (Å²) in [5.74, 6) is -1.25. The number of nitro groups is 1. The van der Waals surface area contributed by atoms with Crippen LogP contribution >= 0.6 is 39.9 Å². The fourth-order valence-electron chi connectivity index (χ4n) is 1.99. The van der Waals surface area contributed by atoms with E-state index in [-0.39, 0.29) is 24.6 Å². The van der Waals surface area contributed by atoms with Crippen LogP contribution in [0, 0.1) is 10.1 Å². The van der Waals surface area contributed by atoms with Crippen LogP contribution in [0.3, 0.4) is 0 Å². The van der Waals surface area contributed by atoms with Gasteiger partial charge in [0.25, 0.3) is 11.6 Å². The maximum Gasteiger partial charge on any atom is 0.303 e. The highest BCUT2D eigenvalue weighted by Gasteiger charge is 2.31. The zero-order valence-corrected chi connectivity index (χ0v) is 15.3. The Labute approximate surface area is 155 Å². The zero-order valence-electron chi connectivity index (χ0n) is 12.1. The Morgan fingerprint density at radius 2 is 2.21 bits per heavy atom. The number of carbonyl (C=O) groups is 2. The third-order valence-electron chi connectivity index (χ3n) is 3.11. The molecule has 24 heavy (non-hydrogen) atoms. The second-order valence-electron chi connectivity index (χ2n) is 4.80. The molecular weight excluding hydrogens is 420 g/mol. The number of thiocarbonyl (C=S) groups is 1. The molecule has 1 aromatic rings. The second kappa shape index (κ2) is 7.86. The summed E-state index contributed by atoms with van der Waals surface area (Å²) in [6.45, 7) is 0.231.